The SMILES string of the molecule is CCC1CCC(C(=O)O)(N2CC(C(C)(C)C)C2)CC1. The predicted octanol–water partition coefficient (Wildman–Crippen LogP) is 3.39. The first-order chi connectivity index (χ1) is 8.79. The van der Waals surface area contributed by atoms with E-state index in [-0.39, 0.29) is 0 Å². The lowest BCUT2D eigenvalue weighted by molar-refractivity contribution is -0.165. The van der Waals surface area contributed by atoms with Crippen molar-refractivity contribution in [3.05, 3.63) is 0 Å². The van der Waals surface area contributed by atoms with Gasteiger partial charge in [0.25, 0.3) is 0 Å². The molecule has 0 bridgehead atoms. The molecular weight excluding hydrogens is 238 g/mol. The molecule has 3 nitrogen and oxygen atoms in total. The average Bonchev–Trinajstić information content (AvgIpc) is 2.25. The minimum atomic E-state index is -0.589. The molecule has 1 heterocycles. The summed E-state index contributed by atoms with van der Waals surface area (Å²) in [7, 11) is 0. The largest absolute Gasteiger partial charge is 0.480 e. The Morgan fingerprint density at radius 1 is 1.26 bits per heavy atom. The van der Waals surface area contributed by atoms with Gasteiger partial charge < -0.3 is 5.11 Å². The maximum Gasteiger partial charge on any atom is 0.324 e. The van der Waals surface area contributed by atoms with Gasteiger partial charge in [-0.05, 0) is 42.9 Å². The standard InChI is InChI=1S/C16H29NO2/c1-5-12-6-8-16(9-7-12,14(18)19)17-10-13(11-17)15(2,3)4/h12-13H,5-11H2,1-4H3,(H,18,19). The first kappa shape index (κ1) is 14.8. The number of aliphatic carboxylic acids is 1. The molecule has 0 spiro atoms. The fraction of sp³-hybridized carbons (Fsp3) is 0.938. The molecule has 19 heavy (non-hydrogen) atoms. The summed E-state index contributed by atoms with van der Waals surface area (Å²) >= 11 is 0. The van der Waals surface area contributed by atoms with Gasteiger partial charge in [0.15, 0.2) is 0 Å². The van der Waals surface area contributed by atoms with Crippen LogP contribution in [-0.4, -0.2) is 34.6 Å². The lowest BCUT2D eigenvalue weighted by atomic mass is 9.69. The van der Waals surface area contributed by atoms with Gasteiger partial charge in [-0.15, -0.1) is 0 Å². The van der Waals surface area contributed by atoms with E-state index in [0.29, 0.717) is 11.3 Å². The van der Waals surface area contributed by atoms with E-state index in [1.807, 2.05) is 0 Å². The molecule has 3 heteroatoms. The van der Waals surface area contributed by atoms with E-state index in [1.54, 1.807) is 0 Å². The van der Waals surface area contributed by atoms with Crippen LogP contribution in [0.15, 0.2) is 0 Å². The van der Waals surface area contributed by atoms with Crippen LogP contribution in [0.1, 0.15) is 59.8 Å². The zero-order chi connectivity index (χ0) is 14.3. The van der Waals surface area contributed by atoms with Crippen LogP contribution in [0.5, 0.6) is 0 Å². The molecule has 2 aliphatic rings. The van der Waals surface area contributed by atoms with Gasteiger partial charge in [-0.2, -0.15) is 0 Å². The Kier molecular flexibility index (Phi) is 3.97. The predicted molar refractivity (Wildman–Crippen MR) is 77.1 cm³/mol. The van der Waals surface area contributed by atoms with Crippen molar-refractivity contribution in [3.8, 4) is 0 Å². The van der Waals surface area contributed by atoms with E-state index in [9.17, 15) is 9.90 Å². The summed E-state index contributed by atoms with van der Waals surface area (Å²) in [6.07, 6.45) is 5.05. The molecule has 110 valence electrons. The second-order valence-corrected chi connectivity index (χ2v) is 7.66. The zero-order valence-electron chi connectivity index (χ0n) is 12.9. The lowest BCUT2D eigenvalue weighted by Crippen LogP contribution is -2.66. The van der Waals surface area contributed by atoms with Crippen LogP contribution in [0.4, 0.5) is 0 Å². The monoisotopic (exact) mass is 267 g/mol. The maximum absolute atomic E-state index is 11.8. The van der Waals surface area contributed by atoms with Crippen molar-refractivity contribution >= 4 is 5.97 Å². The number of hydrogen-bond acceptors (Lipinski definition) is 2. The number of likely N-dealkylation sites (tertiary alicyclic amines) is 1. The van der Waals surface area contributed by atoms with E-state index < -0.39 is 11.5 Å². The first-order valence-electron chi connectivity index (χ1n) is 7.78. The van der Waals surface area contributed by atoms with Gasteiger partial charge in [0, 0.05) is 13.1 Å². The van der Waals surface area contributed by atoms with Crippen LogP contribution in [0.2, 0.25) is 0 Å². The number of carbonyl (C=O) groups is 1. The van der Waals surface area contributed by atoms with Crippen molar-refractivity contribution in [3.63, 3.8) is 0 Å². The third-order valence-corrected chi connectivity index (χ3v) is 5.62. The smallest absolute Gasteiger partial charge is 0.324 e. The number of rotatable bonds is 3. The van der Waals surface area contributed by atoms with E-state index in [0.717, 1.165) is 44.7 Å². The quantitative estimate of drug-likeness (QED) is 0.852. The number of carboxylic acid groups (broad SMARTS) is 1. The highest BCUT2D eigenvalue weighted by molar-refractivity contribution is 5.79. The van der Waals surface area contributed by atoms with Crippen molar-refractivity contribution in [2.45, 2.75) is 65.3 Å². The minimum absolute atomic E-state index is 0.302. The summed E-state index contributed by atoms with van der Waals surface area (Å²) in [5, 5.41) is 9.73. The molecule has 0 aromatic heterocycles. The van der Waals surface area contributed by atoms with Crippen LogP contribution >= 0.6 is 0 Å². The molecule has 1 aliphatic heterocycles. The first-order valence-corrected chi connectivity index (χ1v) is 7.78. The van der Waals surface area contributed by atoms with Crippen LogP contribution in [0, 0.1) is 17.3 Å². The Balaban J connectivity index is 2.01. The Bertz CT molecular complexity index is 331. The molecule has 0 radical (unpaired) electrons. The summed E-state index contributed by atoms with van der Waals surface area (Å²) in [6, 6.07) is 0. The van der Waals surface area contributed by atoms with Crippen molar-refractivity contribution in [2.75, 3.05) is 13.1 Å². The third kappa shape index (κ3) is 2.67. The van der Waals surface area contributed by atoms with Crippen LogP contribution < -0.4 is 0 Å². The molecule has 1 N–H and O–H groups in total. The maximum atomic E-state index is 11.8. The number of hydrogen-bond donors (Lipinski definition) is 1. The van der Waals surface area contributed by atoms with E-state index in [1.165, 1.54) is 6.42 Å². The Labute approximate surface area is 117 Å². The van der Waals surface area contributed by atoms with Gasteiger partial charge in [0.1, 0.15) is 5.54 Å². The Hall–Kier alpha value is -0.570. The molecule has 0 aromatic carbocycles. The third-order valence-electron chi connectivity index (χ3n) is 5.62. The van der Waals surface area contributed by atoms with E-state index in [2.05, 4.69) is 32.6 Å². The van der Waals surface area contributed by atoms with E-state index in [4.69, 9.17) is 0 Å². The molecule has 0 aromatic rings. The lowest BCUT2D eigenvalue weighted by Gasteiger charge is -2.55. The second kappa shape index (κ2) is 5.08. The normalized spacial score (nSPS) is 34.0. The Morgan fingerprint density at radius 2 is 1.79 bits per heavy atom. The van der Waals surface area contributed by atoms with Crippen molar-refractivity contribution < 1.29 is 9.90 Å². The molecular formula is C16H29NO2. The number of carboxylic acids is 1. The second-order valence-electron chi connectivity index (χ2n) is 7.66. The number of nitrogens with zero attached hydrogens (tertiary/aromatic N) is 1. The summed E-state index contributed by atoms with van der Waals surface area (Å²) in [5.74, 6) is 0.800. The molecule has 1 saturated carbocycles. The van der Waals surface area contributed by atoms with Crippen molar-refractivity contribution in [1.82, 2.24) is 4.90 Å². The zero-order valence-corrected chi connectivity index (χ0v) is 12.9. The van der Waals surface area contributed by atoms with Crippen LogP contribution in [0.3, 0.4) is 0 Å². The summed E-state index contributed by atoms with van der Waals surface area (Å²) in [4.78, 5) is 14.1. The molecule has 1 saturated heterocycles. The average molecular weight is 267 g/mol. The van der Waals surface area contributed by atoms with Gasteiger partial charge in [-0.25, -0.2) is 0 Å². The van der Waals surface area contributed by atoms with Gasteiger partial charge in [0.2, 0.25) is 0 Å². The van der Waals surface area contributed by atoms with Gasteiger partial charge in [-0.3, -0.25) is 9.69 Å². The molecule has 2 rings (SSSR count). The summed E-state index contributed by atoms with van der Waals surface area (Å²) < 4.78 is 0. The highest BCUT2D eigenvalue weighted by Gasteiger charge is 2.52. The fourth-order valence-corrected chi connectivity index (χ4v) is 3.60. The molecule has 0 amide bonds. The summed E-state index contributed by atoms with van der Waals surface area (Å²) in [6.45, 7) is 10.9. The van der Waals surface area contributed by atoms with Crippen LogP contribution in [0.25, 0.3) is 0 Å². The summed E-state index contributed by atoms with van der Waals surface area (Å²) in [5.41, 5.74) is -0.246. The van der Waals surface area contributed by atoms with Gasteiger partial charge >= 0.3 is 5.97 Å². The highest BCUT2D eigenvalue weighted by Crippen LogP contribution is 2.44. The van der Waals surface area contributed by atoms with E-state index >= 15 is 0 Å². The minimum Gasteiger partial charge on any atom is -0.480 e. The van der Waals surface area contributed by atoms with Gasteiger partial charge in [0.05, 0.1) is 0 Å². The van der Waals surface area contributed by atoms with Gasteiger partial charge in [-0.1, -0.05) is 34.1 Å². The molecule has 0 unspecified atom stereocenters. The topological polar surface area (TPSA) is 40.5 Å². The van der Waals surface area contributed by atoms with Crippen molar-refractivity contribution in [1.29, 1.82) is 0 Å². The molecule has 0 atom stereocenters. The molecule has 2 fully saturated rings. The van der Waals surface area contributed by atoms with Crippen molar-refractivity contribution in [2.24, 2.45) is 17.3 Å². The fourth-order valence-electron chi connectivity index (χ4n) is 3.60. The highest BCUT2D eigenvalue weighted by atomic mass is 16.4. The van der Waals surface area contributed by atoms with Crippen LogP contribution in [-0.2, 0) is 4.79 Å². The molecule has 1 aliphatic carbocycles. The Morgan fingerprint density at radius 3 is 2.16 bits per heavy atom.